The first kappa shape index (κ1) is 19.7. The van der Waals surface area contributed by atoms with Crippen LogP contribution in [0.4, 0.5) is 0 Å². The molecule has 0 unspecified atom stereocenters. The van der Waals surface area contributed by atoms with Gasteiger partial charge in [0.15, 0.2) is 5.76 Å². The van der Waals surface area contributed by atoms with E-state index in [1.807, 2.05) is 32.0 Å². The fourth-order valence-electron chi connectivity index (χ4n) is 4.19. The van der Waals surface area contributed by atoms with Crippen molar-refractivity contribution in [3.8, 4) is 0 Å². The number of amides is 2. The molecule has 2 aromatic rings. The SMILES string of the molecule is C=C1CN(C(=O)[C@H](CC(C)C)NC(=O)c2cc3ccccc3o2)[C@H]2[C@@H]1OC[C@@H]2O. The van der Waals surface area contributed by atoms with Gasteiger partial charge in [0.25, 0.3) is 5.91 Å². The molecule has 1 aromatic carbocycles. The minimum atomic E-state index is -0.756. The van der Waals surface area contributed by atoms with E-state index < -0.39 is 24.1 Å². The Kier molecular flexibility index (Phi) is 5.19. The molecule has 0 spiro atoms. The zero-order chi connectivity index (χ0) is 20.7. The number of hydrogen-bond donors (Lipinski definition) is 2. The fraction of sp³-hybridized carbons (Fsp3) is 0.455. The van der Waals surface area contributed by atoms with Crippen molar-refractivity contribution in [3.63, 3.8) is 0 Å². The molecular weight excluding hydrogens is 372 g/mol. The van der Waals surface area contributed by atoms with Crippen molar-refractivity contribution in [1.82, 2.24) is 10.2 Å². The second-order valence-corrected chi connectivity index (χ2v) is 8.24. The van der Waals surface area contributed by atoms with Crippen LogP contribution >= 0.6 is 0 Å². The Labute approximate surface area is 169 Å². The molecule has 2 saturated heterocycles. The van der Waals surface area contributed by atoms with Gasteiger partial charge >= 0.3 is 0 Å². The summed E-state index contributed by atoms with van der Waals surface area (Å²) in [5, 5.41) is 13.9. The molecule has 0 bridgehead atoms. The Bertz CT molecular complexity index is 917. The van der Waals surface area contributed by atoms with Gasteiger partial charge in [-0.25, -0.2) is 0 Å². The molecule has 3 heterocycles. The maximum absolute atomic E-state index is 13.3. The first-order chi connectivity index (χ1) is 13.8. The van der Waals surface area contributed by atoms with Gasteiger partial charge in [0.1, 0.15) is 23.8 Å². The molecule has 4 rings (SSSR count). The van der Waals surface area contributed by atoms with Crippen molar-refractivity contribution in [1.29, 1.82) is 0 Å². The summed E-state index contributed by atoms with van der Waals surface area (Å²) in [6.45, 7) is 8.47. The average molecular weight is 398 g/mol. The zero-order valence-corrected chi connectivity index (χ0v) is 16.6. The third kappa shape index (κ3) is 3.68. The number of nitrogens with zero attached hydrogens (tertiary/aromatic N) is 1. The Hall–Kier alpha value is -2.64. The molecule has 2 aliphatic rings. The molecule has 2 fully saturated rings. The van der Waals surface area contributed by atoms with E-state index in [1.54, 1.807) is 17.0 Å². The molecule has 2 amide bonds. The summed E-state index contributed by atoms with van der Waals surface area (Å²) < 4.78 is 11.2. The number of rotatable bonds is 5. The van der Waals surface area contributed by atoms with Crippen LogP contribution in [0.25, 0.3) is 11.0 Å². The number of aliphatic hydroxyl groups excluding tert-OH is 1. The Balaban J connectivity index is 1.54. The first-order valence-electron chi connectivity index (χ1n) is 9.92. The number of likely N-dealkylation sites (tertiary alicyclic amines) is 1. The lowest BCUT2D eigenvalue weighted by Crippen LogP contribution is -2.53. The zero-order valence-electron chi connectivity index (χ0n) is 16.6. The number of nitrogens with one attached hydrogen (secondary N) is 1. The lowest BCUT2D eigenvalue weighted by molar-refractivity contribution is -0.136. The summed E-state index contributed by atoms with van der Waals surface area (Å²) in [5.41, 5.74) is 1.39. The number of hydrogen-bond acceptors (Lipinski definition) is 5. The summed E-state index contributed by atoms with van der Waals surface area (Å²) in [6, 6.07) is 7.86. The van der Waals surface area contributed by atoms with Gasteiger partial charge in [0, 0.05) is 11.9 Å². The maximum Gasteiger partial charge on any atom is 0.287 e. The van der Waals surface area contributed by atoms with E-state index >= 15 is 0 Å². The molecule has 4 atom stereocenters. The highest BCUT2D eigenvalue weighted by atomic mass is 16.5. The van der Waals surface area contributed by atoms with Crippen LogP contribution in [-0.4, -0.2) is 59.3 Å². The smallest absolute Gasteiger partial charge is 0.287 e. The topological polar surface area (TPSA) is 92.0 Å². The average Bonchev–Trinajstić information content (AvgIpc) is 3.36. The van der Waals surface area contributed by atoms with Gasteiger partial charge in [0.05, 0.1) is 12.6 Å². The monoisotopic (exact) mass is 398 g/mol. The molecule has 154 valence electrons. The molecule has 0 saturated carbocycles. The van der Waals surface area contributed by atoms with Crippen molar-refractivity contribution in [2.24, 2.45) is 5.92 Å². The van der Waals surface area contributed by atoms with Gasteiger partial charge in [-0.1, -0.05) is 38.6 Å². The summed E-state index contributed by atoms with van der Waals surface area (Å²) in [5.74, 6) is -0.314. The number of fused-ring (bicyclic) bond motifs is 2. The van der Waals surface area contributed by atoms with E-state index in [9.17, 15) is 14.7 Å². The van der Waals surface area contributed by atoms with E-state index in [1.165, 1.54) is 0 Å². The molecule has 0 aliphatic carbocycles. The van der Waals surface area contributed by atoms with Crippen LogP contribution in [0.2, 0.25) is 0 Å². The van der Waals surface area contributed by atoms with Gasteiger partial charge in [-0.05, 0) is 30.0 Å². The van der Waals surface area contributed by atoms with Crippen molar-refractivity contribution in [2.75, 3.05) is 13.2 Å². The predicted octanol–water partition coefficient (Wildman–Crippen LogP) is 2.10. The number of aliphatic hydroxyl groups is 1. The van der Waals surface area contributed by atoms with Crippen molar-refractivity contribution in [2.45, 2.75) is 44.6 Å². The molecule has 2 aliphatic heterocycles. The van der Waals surface area contributed by atoms with Crippen LogP contribution in [0.1, 0.15) is 30.8 Å². The summed E-state index contributed by atoms with van der Waals surface area (Å²) in [7, 11) is 0. The van der Waals surface area contributed by atoms with Crippen LogP contribution in [0.3, 0.4) is 0 Å². The van der Waals surface area contributed by atoms with Crippen LogP contribution in [0.15, 0.2) is 46.9 Å². The number of carbonyl (C=O) groups is 2. The quantitative estimate of drug-likeness (QED) is 0.753. The maximum atomic E-state index is 13.3. The summed E-state index contributed by atoms with van der Waals surface area (Å²) >= 11 is 0. The van der Waals surface area contributed by atoms with Crippen LogP contribution in [0, 0.1) is 5.92 Å². The number of para-hydroxylation sites is 1. The van der Waals surface area contributed by atoms with Gasteiger partial charge in [-0.2, -0.15) is 0 Å². The van der Waals surface area contributed by atoms with Gasteiger partial charge in [-0.15, -0.1) is 0 Å². The Morgan fingerprint density at radius 1 is 1.34 bits per heavy atom. The molecule has 29 heavy (non-hydrogen) atoms. The first-order valence-corrected chi connectivity index (χ1v) is 9.92. The van der Waals surface area contributed by atoms with E-state index in [0.29, 0.717) is 18.5 Å². The lowest BCUT2D eigenvalue weighted by atomic mass is 10.0. The highest BCUT2D eigenvalue weighted by Crippen LogP contribution is 2.33. The molecule has 2 N–H and O–H groups in total. The van der Waals surface area contributed by atoms with Crippen molar-refractivity contribution < 1.29 is 23.8 Å². The summed E-state index contributed by atoms with van der Waals surface area (Å²) in [4.78, 5) is 27.7. The minimum absolute atomic E-state index is 0.167. The molecular formula is C22H26N2O5. The van der Waals surface area contributed by atoms with Gasteiger partial charge in [-0.3, -0.25) is 9.59 Å². The highest BCUT2D eigenvalue weighted by molar-refractivity contribution is 5.98. The van der Waals surface area contributed by atoms with Crippen molar-refractivity contribution >= 4 is 22.8 Å². The van der Waals surface area contributed by atoms with E-state index in [-0.39, 0.29) is 30.3 Å². The van der Waals surface area contributed by atoms with E-state index in [0.717, 1.165) is 11.0 Å². The van der Waals surface area contributed by atoms with Crippen molar-refractivity contribution in [3.05, 3.63) is 48.2 Å². The minimum Gasteiger partial charge on any atom is -0.451 e. The second-order valence-electron chi connectivity index (χ2n) is 8.24. The molecule has 7 heteroatoms. The second kappa shape index (κ2) is 7.65. The Morgan fingerprint density at radius 3 is 2.83 bits per heavy atom. The third-order valence-electron chi connectivity index (χ3n) is 5.53. The van der Waals surface area contributed by atoms with Crippen LogP contribution in [-0.2, 0) is 9.53 Å². The number of carbonyl (C=O) groups excluding carboxylic acids is 2. The Morgan fingerprint density at radius 2 is 2.10 bits per heavy atom. The van der Waals surface area contributed by atoms with E-state index in [2.05, 4.69) is 11.9 Å². The molecule has 1 aromatic heterocycles. The van der Waals surface area contributed by atoms with Gasteiger partial charge < -0.3 is 24.5 Å². The van der Waals surface area contributed by atoms with Gasteiger partial charge in [0.2, 0.25) is 5.91 Å². The number of ether oxygens (including phenoxy) is 1. The third-order valence-corrected chi connectivity index (χ3v) is 5.53. The van der Waals surface area contributed by atoms with Crippen LogP contribution < -0.4 is 5.32 Å². The predicted molar refractivity (Wildman–Crippen MR) is 107 cm³/mol. The molecule has 0 radical (unpaired) electrons. The normalized spacial score (nSPS) is 24.9. The number of benzene rings is 1. The highest BCUT2D eigenvalue weighted by Gasteiger charge is 2.50. The standard InChI is InChI=1S/C22H26N2O5/c1-12(2)8-15(22(27)24-10-13(3)20-19(24)16(25)11-28-20)23-21(26)18-9-14-6-4-5-7-17(14)29-18/h4-7,9,12,15-16,19-20,25H,3,8,10-11H2,1-2H3,(H,23,26)/t15-,16-,19+,20+/m0/s1. The lowest BCUT2D eigenvalue weighted by Gasteiger charge is -2.30. The van der Waals surface area contributed by atoms with E-state index in [4.69, 9.17) is 9.15 Å². The molecule has 7 nitrogen and oxygen atoms in total. The fourth-order valence-corrected chi connectivity index (χ4v) is 4.19. The van der Waals surface area contributed by atoms with Crippen LogP contribution in [0.5, 0.6) is 0 Å². The number of furan rings is 1. The largest absolute Gasteiger partial charge is 0.451 e. The summed E-state index contributed by atoms with van der Waals surface area (Å²) in [6.07, 6.45) is -0.629.